The van der Waals surface area contributed by atoms with E-state index in [4.69, 9.17) is 13.9 Å². The van der Waals surface area contributed by atoms with Gasteiger partial charge in [-0.25, -0.2) is 0 Å². The Kier molecular flexibility index (Phi) is 5.66. The third-order valence-electron chi connectivity index (χ3n) is 5.43. The minimum atomic E-state index is -0.121. The van der Waals surface area contributed by atoms with Gasteiger partial charge in [0.05, 0.1) is 25.3 Å². The van der Waals surface area contributed by atoms with Gasteiger partial charge >= 0.3 is 0 Å². The molecule has 0 aliphatic heterocycles. The molecular formula is C27H21N3O4. The Balaban J connectivity index is 1.33. The number of benzene rings is 3. The summed E-state index contributed by atoms with van der Waals surface area (Å²) in [5, 5.41) is 12.3. The summed E-state index contributed by atoms with van der Waals surface area (Å²) in [7, 11) is 3.20. The number of nitrogens with one attached hydrogen (secondary N) is 1. The van der Waals surface area contributed by atoms with Crippen molar-refractivity contribution >= 4 is 22.5 Å². The number of hydrogen-bond donors (Lipinski definition) is 1. The Labute approximate surface area is 195 Å². The molecule has 0 fully saturated rings. The lowest BCUT2D eigenvalue weighted by atomic mass is 10.1. The Morgan fingerprint density at radius 3 is 2.12 bits per heavy atom. The van der Waals surface area contributed by atoms with Crippen LogP contribution in [0.3, 0.4) is 0 Å². The molecule has 2 aromatic heterocycles. The standard InChI is InChI=1S/C27H21N3O4/c1-32-20-9-5-17(6-10-20)23-12-14-27(30-29-23)28-19-7-3-18(4-8-19)26-16-24(31)22-15-21(33-2)11-13-25(22)34-26/h3-16H,1-2H3,(H,28,30). The summed E-state index contributed by atoms with van der Waals surface area (Å²) in [5.74, 6) is 2.53. The quantitative estimate of drug-likeness (QED) is 0.355. The summed E-state index contributed by atoms with van der Waals surface area (Å²) >= 11 is 0. The number of ether oxygens (including phenoxy) is 2. The largest absolute Gasteiger partial charge is 0.497 e. The van der Waals surface area contributed by atoms with E-state index in [1.54, 1.807) is 32.4 Å². The molecule has 0 bridgehead atoms. The summed E-state index contributed by atoms with van der Waals surface area (Å²) < 4.78 is 16.3. The van der Waals surface area contributed by atoms with Crippen LogP contribution < -0.4 is 20.2 Å². The normalized spacial score (nSPS) is 10.8. The topological polar surface area (TPSA) is 86.5 Å². The first kappa shape index (κ1) is 21.2. The average Bonchev–Trinajstić information content (AvgIpc) is 2.89. The zero-order valence-corrected chi connectivity index (χ0v) is 18.6. The van der Waals surface area contributed by atoms with Crippen LogP contribution in [0.5, 0.6) is 11.5 Å². The molecule has 0 saturated carbocycles. The maximum absolute atomic E-state index is 12.6. The molecule has 0 spiro atoms. The highest BCUT2D eigenvalue weighted by Gasteiger charge is 2.09. The fraction of sp³-hybridized carbons (Fsp3) is 0.0741. The molecule has 3 aromatic carbocycles. The minimum absolute atomic E-state index is 0.121. The van der Waals surface area contributed by atoms with E-state index in [-0.39, 0.29) is 5.43 Å². The fourth-order valence-electron chi connectivity index (χ4n) is 3.59. The van der Waals surface area contributed by atoms with Crippen LogP contribution in [0.1, 0.15) is 0 Å². The number of hydrogen-bond acceptors (Lipinski definition) is 7. The second kappa shape index (κ2) is 9.07. The molecule has 2 heterocycles. The number of methoxy groups -OCH3 is 2. The van der Waals surface area contributed by atoms with E-state index in [0.29, 0.717) is 28.3 Å². The van der Waals surface area contributed by atoms with Crippen molar-refractivity contribution in [2.45, 2.75) is 0 Å². The first-order chi connectivity index (χ1) is 16.6. The van der Waals surface area contributed by atoms with Gasteiger partial charge in [0.25, 0.3) is 0 Å². The molecule has 0 amide bonds. The van der Waals surface area contributed by atoms with Gasteiger partial charge < -0.3 is 19.2 Å². The number of nitrogens with zero attached hydrogens (tertiary/aromatic N) is 2. The summed E-state index contributed by atoms with van der Waals surface area (Å²) in [6.45, 7) is 0. The maximum Gasteiger partial charge on any atom is 0.193 e. The van der Waals surface area contributed by atoms with Gasteiger partial charge in [-0.1, -0.05) is 0 Å². The summed E-state index contributed by atoms with van der Waals surface area (Å²) in [4.78, 5) is 12.6. The monoisotopic (exact) mass is 451 g/mol. The number of aromatic nitrogens is 2. The van der Waals surface area contributed by atoms with E-state index < -0.39 is 0 Å². The zero-order chi connectivity index (χ0) is 23.5. The van der Waals surface area contributed by atoms with Crippen molar-refractivity contribution in [3.63, 3.8) is 0 Å². The number of fused-ring (bicyclic) bond motifs is 1. The van der Waals surface area contributed by atoms with E-state index >= 15 is 0 Å². The molecule has 0 saturated heterocycles. The van der Waals surface area contributed by atoms with E-state index in [1.807, 2.05) is 60.7 Å². The molecule has 7 nitrogen and oxygen atoms in total. The Bertz CT molecular complexity index is 1490. The van der Waals surface area contributed by atoms with Crippen molar-refractivity contribution < 1.29 is 13.9 Å². The molecule has 5 rings (SSSR count). The van der Waals surface area contributed by atoms with E-state index in [1.165, 1.54) is 6.07 Å². The van der Waals surface area contributed by atoms with Crippen molar-refractivity contribution in [1.82, 2.24) is 10.2 Å². The van der Waals surface area contributed by atoms with Gasteiger partial charge in [0.15, 0.2) is 11.2 Å². The predicted molar refractivity (Wildman–Crippen MR) is 132 cm³/mol. The van der Waals surface area contributed by atoms with Crippen LogP contribution in [0.4, 0.5) is 11.5 Å². The van der Waals surface area contributed by atoms with Crippen molar-refractivity contribution in [3.05, 3.63) is 95.2 Å². The van der Waals surface area contributed by atoms with Gasteiger partial charge in [0.1, 0.15) is 22.8 Å². The third-order valence-corrected chi connectivity index (χ3v) is 5.43. The lowest BCUT2D eigenvalue weighted by Crippen LogP contribution is -2.01. The second-order valence-corrected chi connectivity index (χ2v) is 7.57. The lowest BCUT2D eigenvalue weighted by Gasteiger charge is -2.08. The molecule has 0 atom stereocenters. The van der Waals surface area contributed by atoms with Gasteiger partial charge in [0, 0.05) is 22.9 Å². The van der Waals surface area contributed by atoms with Crippen molar-refractivity contribution in [2.75, 3.05) is 19.5 Å². The second-order valence-electron chi connectivity index (χ2n) is 7.57. The molecule has 5 aromatic rings. The van der Waals surface area contributed by atoms with E-state index in [9.17, 15) is 4.79 Å². The fourth-order valence-corrected chi connectivity index (χ4v) is 3.59. The lowest BCUT2D eigenvalue weighted by molar-refractivity contribution is 0.415. The summed E-state index contributed by atoms with van der Waals surface area (Å²) in [5.41, 5.74) is 3.75. The highest BCUT2D eigenvalue weighted by atomic mass is 16.5. The molecule has 1 N–H and O–H groups in total. The van der Waals surface area contributed by atoms with Crippen LogP contribution in [0, 0.1) is 0 Å². The van der Waals surface area contributed by atoms with E-state index in [0.717, 1.165) is 28.3 Å². The Morgan fingerprint density at radius 2 is 1.44 bits per heavy atom. The smallest absolute Gasteiger partial charge is 0.193 e. The van der Waals surface area contributed by atoms with Crippen LogP contribution >= 0.6 is 0 Å². The minimum Gasteiger partial charge on any atom is -0.497 e. The van der Waals surface area contributed by atoms with Crippen LogP contribution in [-0.2, 0) is 0 Å². The molecule has 168 valence electrons. The Hall–Kier alpha value is -4.65. The highest BCUT2D eigenvalue weighted by Crippen LogP contribution is 2.27. The van der Waals surface area contributed by atoms with Gasteiger partial charge in [-0.3, -0.25) is 4.79 Å². The van der Waals surface area contributed by atoms with Crippen LogP contribution in [0.2, 0.25) is 0 Å². The van der Waals surface area contributed by atoms with Crippen LogP contribution in [0.25, 0.3) is 33.6 Å². The van der Waals surface area contributed by atoms with E-state index in [2.05, 4.69) is 15.5 Å². The third kappa shape index (κ3) is 4.31. The molecule has 7 heteroatoms. The number of rotatable bonds is 6. The van der Waals surface area contributed by atoms with Crippen LogP contribution in [0.15, 0.2) is 94.1 Å². The first-order valence-electron chi connectivity index (χ1n) is 10.6. The van der Waals surface area contributed by atoms with Gasteiger partial charge in [0.2, 0.25) is 0 Å². The molecule has 34 heavy (non-hydrogen) atoms. The molecule has 0 aliphatic rings. The highest BCUT2D eigenvalue weighted by molar-refractivity contribution is 5.80. The SMILES string of the molecule is COc1ccc(-c2ccc(Nc3ccc(-c4cc(=O)c5cc(OC)ccc5o4)cc3)nn2)cc1. The van der Waals surface area contributed by atoms with Crippen LogP contribution in [-0.4, -0.2) is 24.4 Å². The molecule has 0 unspecified atom stereocenters. The summed E-state index contributed by atoms with van der Waals surface area (Å²) in [6.07, 6.45) is 0. The first-order valence-corrected chi connectivity index (χ1v) is 10.6. The zero-order valence-electron chi connectivity index (χ0n) is 18.6. The molecular weight excluding hydrogens is 430 g/mol. The average molecular weight is 451 g/mol. The van der Waals surface area contributed by atoms with Crippen molar-refractivity contribution in [3.8, 4) is 34.1 Å². The van der Waals surface area contributed by atoms with Gasteiger partial charge in [-0.05, 0) is 78.9 Å². The van der Waals surface area contributed by atoms with Gasteiger partial charge in [-0.15, -0.1) is 10.2 Å². The Morgan fingerprint density at radius 1 is 0.735 bits per heavy atom. The van der Waals surface area contributed by atoms with Crippen molar-refractivity contribution in [1.29, 1.82) is 0 Å². The van der Waals surface area contributed by atoms with Crippen molar-refractivity contribution in [2.24, 2.45) is 0 Å². The van der Waals surface area contributed by atoms with Gasteiger partial charge in [-0.2, -0.15) is 0 Å². The predicted octanol–water partition coefficient (Wildman–Crippen LogP) is 5.68. The number of anilines is 2. The summed E-state index contributed by atoms with van der Waals surface area (Å²) in [6, 6.07) is 25.7. The maximum atomic E-state index is 12.6. The molecule has 0 aliphatic carbocycles. The molecule has 0 radical (unpaired) electrons.